The van der Waals surface area contributed by atoms with Crippen LogP contribution in [0.5, 0.6) is 5.75 Å². The predicted octanol–water partition coefficient (Wildman–Crippen LogP) is 3.93. The first kappa shape index (κ1) is 17.7. The Hall–Kier alpha value is -2.68. The van der Waals surface area contributed by atoms with Crippen LogP contribution in [-0.4, -0.2) is 11.6 Å². The molecule has 24 heavy (non-hydrogen) atoms. The molecule has 0 unspecified atom stereocenters. The normalized spacial score (nSPS) is 10.7. The second kappa shape index (κ2) is 7.26. The minimum atomic E-state index is -1.09. The van der Waals surface area contributed by atoms with E-state index in [9.17, 15) is 18.8 Å². The molecule has 1 heterocycles. The molecule has 6 heteroatoms. The summed E-state index contributed by atoms with van der Waals surface area (Å²) in [5, 5.41) is 9.18. The number of ether oxygens (including phenoxy) is 1. The van der Waals surface area contributed by atoms with E-state index in [4.69, 9.17) is 4.74 Å². The van der Waals surface area contributed by atoms with E-state index in [-0.39, 0.29) is 29.0 Å². The Bertz CT molecular complexity index is 851. The lowest BCUT2D eigenvalue weighted by Gasteiger charge is -2.12. The summed E-state index contributed by atoms with van der Waals surface area (Å²) in [7, 11) is 0. The van der Waals surface area contributed by atoms with Crippen LogP contribution in [0.25, 0.3) is 11.1 Å². The monoisotopic (exact) mass is 332 g/mol. The zero-order valence-corrected chi connectivity index (χ0v) is 13.7. The number of rotatable bonds is 5. The topological polar surface area (TPSA) is 65.9 Å². The number of nitrogens with zero attached hydrogens (tertiary/aromatic N) is 1. The van der Waals surface area contributed by atoms with Gasteiger partial charge in [0.25, 0.3) is 5.56 Å². The summed E-state index contributed by atoms with van der Waals surface area (Å²) in [6, 6.07) is 5.62. The molecular weight excluding hydrogens is 314 g/mol. The maximum Gasteiger partial charge on any atom is 0.266 e. The highest BCUT2D eigenvalue weighted by Crippen LogP contribution is 2.30. The summed E-state index contributed by atoms with van der Waals surface area (Å²) in [5.41, 5.74) is 0.255. The zero-order chi connectivity index (χ0) is 17.9. The van der Waals surface area contributed by atoms with Crippen LogP contribution in [0.4, 0.5) is 8.78 Å². The van der Waals surface area contributed by atoms with Gasteiger partial charge in [0.05, 0.1) is 6.61 Å². The van der Waals surface area contributed by atoms with Gasteiger partial charge in [0.15, 0.2) is 11.6 Å². The molecule has 0 fully saturated rings. The van der Waals surface area contributed by atoms with E-state index in [0.29, 0.717) is 18.0 Å². The molecule has 1 aromatic carbocycles. The van der Waals surface area contributed by atoms with E-state index >= 15 is 0 Å². The van der Waals surface area contributed by atoms with Gasteiger partial charge in [-0.3, -0.25) is 4.79 Å². The summed E-state index contributed by atoms with van der Waals surface area (Å²) < 4.78 is 33.2. The van der Waals surface area contributed by atoms with Crippen LogP contribution in [0.3, 0.4) is 0 Å². The summed E-state index contributed by atoms with van der Waals surface area (Å²) in [6.45, 7) is 5.88. The predicted molar refractivity (Wildman–Crippen MR) is 86.8 cm³/mol. The van der Waals surface area contributed by atoms with Crippen LogP contribution in [0, 0.1) is 35.8 Å². The average molecular weight is 332 g/mol. The molecule has 4 nitrogen and oxygen atoms in total. The number of nitriles is 1. The first-order chi connectivity index (χ1) is 11.3. The Labute approximate surface area is 138 Å². The first-order valence-corrected chi connectivity index (χ1v) is 7.59. The van der Waals surface area contributed by atoms with Gasteiger partial charge in [0.2, 0.25) is 5.82 Å². The van der Waals surface area contributed by atoms with E-state index in [1.54, 1.807) is 19.1 Å². The number of aromatic nitrogens is 1. The molecule has 0 aliphatic carbocycles. The molecule has 126 valence electrons. The van der Waals surface area contributed by atoms with E-state index in [1.165, 1.54) is 6.07 Å². The van der Waals surface area contributed by atoms with Crippen LogP contribution in [-0.2, 0) is 0 Å². The van der Waals surface area contributed by atoms with E-state index in [2.05, 4.69) is 4.98 Å². The standard InChI is InChI=1S/C18H18F2N2O2/c1-10(2)4-5-24-16-8-12(7-15(19)17(16)20)13-6-11(3)22-18(23)14(13)9-21/h6-8,10H,4-5H2,1-3H3,(H,22,23). The molecule has 1 aromatic heterocycles. The molecule has 0 saturated heterocycles. The largest absolute Gasteiger partial charge is 0.490 e. The maximum absolute atomic E-state index is 13.9. The summed E-state index contributed by atoms with van der Waals surface area (Å²) in [6.07, 6.45) is 0.693. The number of H-pyrrole nitrogens is 1. The van der Waals surface area contributed by atoms with Crippen LogP contribution < -0.4 is 10.3 Å². The number of hydrogen-bond donors (Lipinski definition) is 1. The number of halogens is 2. The van der Waals surface area contributed by atoms with Gasteiger partial charge in [-0.2, -0.15) is 9.65 Å². The smallest absolute Gasteiger partial charge is 0.266 e. The van der Waals surface area contributed by atoms with Crippen molar-refractivity contribution in [1.29, 1.82) is 5.26 Å². The number of benzene rings is 1. The molecule has 0 aliphatic rings. The summed E-state index contributed by atoms with van der Waals surface area (Å²) in [4.78, 5) is 14.4. The molecule has 0 radical (unpaired) electrons. The van der Waals surface area contributed by atoms with Crippen molar-refractivity contribution < 1.29 is 13.5 Å². The molecule has 2 aromatic rings. The molecule has 2 rings (SSSR count). The van der Waals surface area contributed by atoms with Crippen LogP contribution >= 0.6 is 0 Å². The van der Waals surface area contributed by atoms with E-state index in [0.717, 1.165) is 6.07 Å². The van der Waals surface area contributed by atoms with Crippen molar-refractivity contribution in [3.05, 3.63) is 51.4 Å². The molecule has 0 atom stereocenters. The van der Waals surface area contributed by atoms with E-state index in [1.807, 2.05) is 13.8 Å². The number of aromatic amines is 1. The van der Waals surface area contributed by atoms with Crippen molar-refractivity contribution in [2.45, 2.75) is 27.2 Å². The van der Waals surface area contributed by atoms with Gasteiger partial charge < -0.3 is 9.72 Å². The minimum Gasteiger partial charge on any atom is -0.490 e. The van der Waals surface area contributed by atoms with Crippen LogP contribution in [0.2, 0.25) is 0 Å². The fourth-order valence-electron chi connectivity index (χ4n) is 2.26. The van der Waals surface area contributed by atoms with Crippen molar-refractivity contribution >= 4 is 0 Å². The fourth-order valence-corrected chi connectivity index (χ4v) is 2.26. The lowest BCUT2D eigenvalue weighted by atomic mass is 10.0. The van der Waals surface area contributed by atoms with Gasteiger partial charge in [-0.05, 0) is 43.0 Å². The molecule has 0 saturated carbocycles. The highest BCUT2D eigenvalue weighted by atomic mass is 19.2. The third-order valence-electron chi connectivity index (χ3n) is 3.54. The fraction of sp³-hybridized carbons (Fsp3) is 0.333. The molecule has 0 aliphatic heterocycles. The quantitative estimate of drug-likeness (QED) is 0.902. The highest BCUT2D eigenvalue weighted by Gasteiger charge is 2.17. The van der Waals surface area contributed by atoms with Crippen LogP contribution in [0.15, 0.2) is 23.0 Å². The SMILES string of the molecule is Cc1cc(-c2cc(F)c(F)c(OCCC(C)C)c2)c(C#N)c(=O)[nH]1. The van der Waals surface area contributed by atoms with Crippen molar-refractivity contribution in [3.63, 3.8) is 0 Å². The molecule has 1 N–H and O–H groups in total. The Morgan fingerprint density at radius 2 is 2.00 bits per heavy atom. The third kappa shape index (κ3) is 3.80. The van der Waals surface area contributed by atoms with Crippen molar-refractivity contribution in [3.8, 4) is 22.9 Å². The van der Waals surface area contributed by atoms with Gasteiger partial charge in [-0.25, -0.2) is 4.39 Å². The van der Waals surface area contributed by atoms with Gasteiger partial charge in [-0.15, -0.1) is 0 Å². The number of pyridine rings is 1. The summed E-state index contributed by atoms with van der Waals surface area (Å²) >= 11 is 0. The Morgan fingerprint density at radius 1 is 1.29 bits per heavy atom. The van der Waals surface area contributed by atoms with Crippen molar-refractivity contribution in [2.75, 3.05) is 6.61 Å². The van der Waals surface area contributed by atoms with Gasteiger partial charge in [-0.1, -0.05) is 13.8 Å². The Balaban J connectivity index is 2.51. The first-order valence-electron chi connectivity index (χ1n) is 7.59. The number of aryl methyl sites for hydroxylation is 1. The number of nitrogens with one attached hydrogen (secondary N) is 1. The molecule has 0 spiro atoms. The lowest BCUT2D eigenvalue weighted by Crippen LogP contribution is -2.13. The molecule has 0 bridgehead atoms. The van der Waals surface area contributed by atoms with Gasteiger partial charge in [0.1, 0.15) is 11.6 Å². The van der Waals surface area contributed by atoms with E-state index < -0.39 is 17.2 Å². The minimum absolute atomic E-state index is 0.153. The second-order valence-electron chi connectivity index (χ2n) is 5.98. The summed E-state index contributed by atoms with van der Waals surface area (Å²) in [5.74, 6) is -2.04. The van der Waals surface area contributed by atoms with Crippen molar-refractivity contribution in [2.24, 2.45) is 5.92 Å². The van der Waals surface area contributed by atoms with Gasteiger partial charge in [0, 0.05) is 11.3 Å². The Kier molecular flexibility index (Phi) is 5.35. The number of hydrogen-bond acceptors (Lipinski definition) is 3. The average Bonchev–Trinajstić information content (AvgIpc) is 2.50. The lowest BCUT2D eigenvalue weighted by molar-refractivity contribution is 0.272. The van der Waals surface area contributed by atoms with Gasteiger partial charge >= 0.3 is 0 Å². The molecular formula is C18H18F2N2O2. The zero-order valence-electron chi connectivity index (χ0n) is 13.7. The van der Waals surface area contributed by atoms with Crippen molar-refractivity contribution in [1.82, 2.24) is 4.98 Å². The van der Waals surface area contributed by atoms with Crippen LogP contribution in [0.1, 0.15) is 31.5 Å². The maximum atomic E-state index is 13.9. The second-order valence-corrected chi connectivity index (χ2v) is 5.98. The highest BCUT2D eigenvalue weighted by molar-refractivity contribution is 5.71. The third-order valence-corrected chi connectivity index (χ3v) is 3.54. The molecule has 0 amide bonds. The Morgan fingerprint density at radius 3 is 2.62 bits per heavy atom.